The molecule has 3 saturated heterocycles. The minimum atomic E-state index is -0.821. The number of hydrogen-bond donors (Lipinski definition) is 1. The Labute approximate surface area is 229 Å². The van der Waals surface area contributed by atoms with E-state index in [1.54, 1.807) is 58.0 Å². The van der Waals surface area contributed by atoms with E-state index in [4.69, 9.17) is 16.3 Å². The van der Waals surface area contributed by atoms with Gasteiger partial charge in [0, 0.05) is 29.8 Å². The van der Waals surface area contributed by atoms with Gasteiger partial charge in [0.1, 0.15) is 6.04 Å². The molecule has 10 heteroatoms. The zero-order valence-corrected chi connectivity index (χ0v) is 23.0. The van der Waals surface area contributed by atoms with Crippen LogP contribution in [0, 0.1) is 11.8 Å². The molecule has 3 fully saturated rings. The summed E-state index contributed by atoms with van der Waals surface area (Å²) in [5.41, 5.74) is 0.534. The van der Waals surface area contributed by atoms with Gasteiger partial charge in [-0.15, -0.1) is 24.9 Å². The number of ether oxygens (including phenoxy) is 1. The van der Waals surface area contributed by atoms with Crippen LogP contribution >= 0.6 is 39.3 Å². The Morgan fingerprint density at radius 2 is 2.08 bits per heavy atom. The number of nitrogens with zero attached hydrogens (tertiary/aromatic N) is 2. The highest BCUT2D eigenvalue weighted by Crippen LogP contribution is 2.68. The van der Waals surface area contributed by atoms with Crippen LogP contribution in [0.4, 0.5) is 5.69 Å². The minimum absolute atomic E-state index is 0.0511. The number of aliphatic hydroxyl groups is 1. The summed E-state index contributed by atoms with van der Waals surface area (Å²) in [4.78, 5) is 44.5. The van der Waals surface area contributed by atoms with Gasteiger partial charge in [0.2, 0.25) is 5.91 Å². The number of carbonyl (C=O) groups is 3. The normalized spacial score (nSPS) is 30.2. The molecule has 0 aromatic heterocycles. The van der Waals surface area contributed by atoms with Gasteiger partial charge in [-0.2, -0.15) is 0 Å². The lowest BCUT2D eigenvalue weighted by atomic mass is 9.71. The molecule has 1 N–H and O–H groups in total. The van der Waals surface area contributed by atoms with Crippen molar-refractivity contribution in [3.63, 3.8) is 0 Å². The maximum absolute atomic E-state index is 14.3. The van der Waals surface area contributed by atoms with E-state index < -0.39 is 28.6 Å². The second kappa shape index (κ2) is 11.3. The standard InChI is InChI=1S/C26H30BrClN2O5S/c1-3-5-14-35-25(34)19-20-23(32)30(12-8-13-31)22(26(20)15-16(27)21(19)36-26)24(33)29(11-4-2)18-10-7-6-9-17(18)28/h3-4,6-7,9-10,16,19-22,31H,1-2,5,8,11-15H2/t16?,19-,20+,21-,22?,26?/m1/s1. The molecule has 0 saturated carbocycles. The third-order valence-electron chi connectivity index (χ3n) is 7.14. The number of esters is 1. The summed E-state index contributed by atoms with van der Waals surface area (Å²) in [7, 11) is 0. The van der Waals surface area contributed by atoms with E-state index in [9.17, 15) is 19.5 Å². The van der Waals surface area contributed by atoms with Gasteiger partial charge >= 0.3 is 5.97 Å². The summed E-state index contributed by atoms with van der Waals surface area (Å²) in [5, 5.41) is 9.76. The number of thioether (sulfide) groups is 1. The number of amides is 2. The number of rotatable bonds is 11. The Bertz CT molecular complexity index is 1060. The molecule has 1 aromatic carbocycles. The van der Waals surface area contributed by atoms with Crippen molar-refractivity contribution in [3.05, 3.63) is 54.6 Å². The summed E-state index contributed by atoms with van der Waals surface area (Å²) < 4.78 is 4.72. The lowest BCUT2D eigenvalue weighted by Crippen LogP contribution is -2.55. The zero-order valence-electron chi connectivity index (χ0n) is 19.9. The van der Waals surface area contributed by atoms with E-state index in [0.29, 0.717) is 30.0 Å². The number of anilines is 1. The van der Waals surface area contributed by atoms with Crippen LogP contribution in [0.25, 0.3) is 0 Å². The van der Waals surface area contributed by atoms with E-state index in [2.05, 4.69) is 29.1 Å². The Kier molecular flexibility index (Phi) is 8.54. The number of fused-ring (bicyclic) bond motifs is 1. The van der Waals surface area contributed by atoms with Crippen molar-refractivity contribution in [2.24, 2.45) is 11.8 Å². The minimum Gasteiger partial charge on any atom is -0.465 e. The van der Waals surface area contributed by atoms with Gasteiger partial charge in [-0.1, -0.05) is 51.8 Å². The van der Waals surface area contributed by atoms with Crippen LogP contribution in [0.3, 0.4) is 0 Å². The summed E-state index contributed by atoms with van der Waals surface area (Å²) in [6.45, 7) is 7.98. The average Bonchev–Trinajstić information content (AvgIpc) is 3.45. The number of para-hydroxylation sites is 1. The first kappa shape index (κ1) is 27.2. The first-order chi connectivity index (χ1) is 17.3. The maximum Gasteiger partial charge on any atom is 0.310 e. The average molecular weight is 598 g/mol. The summed E-state index contributed by atoms with van der Waals surface area (Å²) in [6.07, 6.45) is 4.71. The molecule has 1 aromatic rings. The molecule has 3 heterocycles. The lowest BCUT2D eigenvalue weighted by molar-refractivity contribution is -0.154. The Morgan fingerprint density at radius 3 is 2.75 bits per heavy atom. The first-order valence-electron chi connectivity index (χ1n) is 12.0. The maximum atomic E-state index is 14.3. The van der Waals surface area contributed by atoms with Gasteiger partial charge in [0.25, 0.3) is 5.91 Å². The number of aliphatic hydroxyl groups excluding tert-OH is 1. The number of hydrogen-bond acceptors (Lipinski definition) is 6. The molecule has 194 valence electrons. The van der Waals surface area contributed by atoms with Crippen LogP contribution in [-0.2, 0) is 19.1 Å². The van der Waals surface area contributed by atoms with Crippen molar-refractivity contribution in [1.82, 2.24) is 4.90 Å². The Morgan fingerprint density at radius 1 is 1.33 bits per heavy atom. The van der Waals surface area contributed by atoms with E-state index in [1.165, 1.54) is 0 Å². The van der Waals surface area contributed by atoms with Crippen molar-refractivity contribution in [2.75, 3.05) is 31.2 Å². The van der Waals surface area contributed by atoms with Gasteiger partial charge in [0.15, 0.2) is 0 Å². The van der Waals surface area contributed by atoms with Crippen LogP contribution in [0.15, 0.2) is 49.6 Å². The van der Waals surface area contributed by atoms with Gasteiger partial charge in [0.05, 0.1) is 33.9 Å². The molecule has 2 bridgehead atoms. The number of halogens is 2. The molecule has 6 atom stereocenters. The smallest absolute Gasteiger partial charge is 0.310 e. The van der Waals surface area contributed by atoms with Crippen LogP contribution in [0.1, 0.15) is 19.3 Å². The van der Waals surface area contributed by atoms with Crippen molar-refractivity contribution >= 4 is 62.8 Å². The van der Waals surface area contributed by atoms with E-state index >= 15 is 0 Å². The second-order valence-electron chi connectivity index (χ2n) is 9.21. The van der Waals surface area contributed by atoms with E-state index in [0.717, 1.165) is 0 Å². The third-order valence-corrected chi connectivity index (χ3v) is 10.7. The topological polar surface area (TPSA) is 87.2 Å². The molecular weight excluding hydrogens is 568 g/mol. The van der Waals surface area contributed by atoms with Crippen molar-refractivity contribution in [1.29, 1.82) is 0 Å². The SMILES string of the molecule is C=CCCOC(=O)[C@H]1[C@@H]2SC3(CC2Br)C(C(=O)N(CC=C)c2ccccc2Cl)N(CCCO)C(=O)[C@H]13. The predicted molar refractivity (Wildman–Crippen MR) is 145 cm³/mol. The molecule has 0 radical (unpaired) electrons. The highest BCUT2D eigenvalue weighted by molar-refractivity contribution is 9.09. The second-order valence-corrected chi connectivity index (χ2v) is 12.3. The molecule has 1 spiro atoms. The summed E-state index contributed by atoms with van der Waals surface area (Å²) >= 11 is 11.7. The molecule has 2 amide bonds. The van der Waals surface area contributed by atoms with E-state index in [-0.39, 0.29) is 48.2 Å². The molecule has 7 nitrogen and oxygen atoms in total. The number of benzene rings is 1. The lowest BCUT2D eigenvalue weighted by Gasteiger charge is -2.38. The molecule has 36 heavy (non-hydrogen) atoms. The van der Waals surface area contributed by atoms with Crippen LogP contribution < -0.4 is 4.90 Å². The fourth-order valence-electron chi connectivity index (χ4n) is 5.75. The molecular formula is C26H30BrClN2O5S. The fraction of sp³-hybridized carbons (Fsp3) is 0.500. The van der Waals surface area contributed by atoms with Gasteiger partial charge in [-0.05, 0) is 31.4 Å². The largest absolute Gasteiger partial charge is 0.465 e. The molecule has 4 rings (SSSR count). The quantitative estimate of drug-likeness (QED) is 0.181. The number of likely N-dealkylation sites (tertiary alicyclic amines) is 1. The monoisotopic (exact) mass is 596 g/mol. The third kappa shape index (κ3) is 4.52. The van der Waals surface area contributed by atoms with Crippen LogP contribution in [0.5, 0.6) is 0 Å². The highest BCUT2D eigenvalue weighted by Gasteiger charge is 2.76. The predicted octanol–water partition coefficient (Wildman–Crippen LogP) is 3.83. The summed E-state index contributed by atoms with van der Waals surface area (Å²) in [5.74, 6) is -2.26. The van der Waals surface area contributed by atoms with Gasteiger partial charge < -0.3 is 19.6 Å². The van der Waals surface area contributed by atoms with Gasteiger partial charge in [-0.25, -0.2) is 0 Å². The van der Waals surface area contributed by atoms with Crippen LogP contribution in [0.2, 0.25) is 5.02 Å². The highest BCUT2D eigenvalue weighted by atomic mass is 79.9. The fourth-order valence-corrected chi connectivity index (χ4v) is 9.59. The molecule has 3 aliphatic heterocycles. The molecule has 3 aliphatic rings. The van der Waals surface area contributed by atoms with Crippen molar-refractivity contribution < 1.29 is 24.2 Å². The number of alkyl halides is 1. The Balaban J connectivity index is 1.76. The Hall–Kier alpha value is -1.81. The zero-order chi connectivity index (χ0) is 26.0. The van der Waals surface area contributed by atoms with Crippen molar-refractivity contribution in [2.45, 2.75) is 40.1 Å². The molecule has 3 unspecified atom stereocenters. The van der Waals surface area contributed by atoms with Crippen LogP contribution in [-0.4, -0.2) is 75.0 Å². The first-order valence-corrected chi connectivity index (χ1v) is 14.2. The summed E-state index contributed by atoms with van der Waals surface area (Å²) in [6, 6.07) is 6.24. The van der Waals surface area contributed by atoms with Gasteiger partial charge in [-0.3, -0.25) is 14.4 Å². The van der Waals surface area contributed by atoms with Crippen molar-refractivity contribution in [3.8, 4) is 0 Å². The van der Waals surface area contributed by atoms with E-state index in [1.807, 2.05) is 0 Å². The molecule has 0 aliphatic carbocycles. The number of carbonyl (C=O) groups excluding carboxylic acids is 3.